The first-order valence-corrected chi connectivity index (χ1v) is 15.7. The highest BCUT2D eigenvalue weighted by molar-refractivity contribution is 5.33. The Kier molecular flexibility index (Phi) is 13.1. The summed E-state index contributed by atoms with van der Waals surface area (Å²) in [4.78, 5) is 0. The number of ether oxygens (including phenoxy) is 1. The average Bonchev–Trinajstić information content (AvgIpc) is 2.91. The molecule has 1 aromatic carbocycles. The van der Waals surface area contributed by atoms with Crippen LogP contribution in [0.2, 0.25) is 0 Å². The van der Waals surface area contributed by atoms with Crippen LogP contribution >= 0.6 is 0 Å². The van der Waals surface area contributed by atoms with Crippen molar-refractivity contribution in [3.63, 3.8) is 0 Å². The Bertz CT molecular complexity index is 731. The van der Waals surface area contributed by atoms with E-state index < -0.39 is 11.6 Å². The van der Waals surface area contributed by atoms with Gasteiger partial charge in [0.1, 0.15) is 0 Å². The summed E-state index contributed by atoms with van der Waals surface area (Å²) < 4.78 is 35.4. The third kappa shape index (κ3) is 8.73. The SMILES string of the molecule is CCCCCCCCOc1ccc([C@H]2CC[C@H](C(C)C3CCC(CCCCC)CC3)CC2)c(F)c1F. The molecule has 36 heavy (non-hydrogen) atoms. The van der Waals surface area contributed by atoms with Crippen molar-refractivity contribution in [1.82, 2.24) is 0 Å². The van der Waals surface area contributed by atoms with Gasteiger partial charge in [-0.3, -0.25) is 0 Å². The molecule has 1 aromatic rings. The van der Waals surface area contributed by atoms with Gasteiger partial charge in [0, 0.05) is 0 Å². The van der Waals surface area contributed by atoms with Crippen molar-refractivity contribution in [1.29, 1.82) is 0 Å². The summed E-state index contributed by atoms with van der Waals surface area (Å²) in [5, 5.41) is 0. The molecule has 0 N–H and O–H groups in total. The Labute approximate surface area is 221 Å². The largest absolute Gasteiger partial charge is 0.490 e. The van der Waals surface area contributed by atoms with Gasteiger partial charge in [-0.05, 0) is 86.2 Å². The maximum absolute atomic E-state index is 15.0. The second kappa shape index (κ2) is 16.0. The minimum absolute atomic E-state index is 0.0809. The number of halogens is 2. The zero-order chi connectivity index (χ0) is 25.8. The summed E-state index contributed by atoms with van der Waals surface area (Å²) in [6, 6.07) is 3.46. The molecule has 1 unspecified atom stereocenters. The fourth-order valence-corrected chi connectivity index (χ4v) is 7.06. The molecule has 206 valence electrons. The zero-order valence-electron chi connectivity index (χ0n) is 23.6. The Morgan fingerprint density at radius 2 is 1.31 bits per heavy atom. The van der Waals surface area contributed by atoms with E-state index in [0.29, 0.717) is 12.2 Å². The lowest BCUT2D eigenvalue weighted by Gasteiger charge is -2.39. The van der Waals surface area contributed by atoms with Crippen molar-refractivity contribution >= 4 is 0 Å². The molecule has 1 atom stereocenters. The van der Waals surface area contributed by atoms with Crippen molar-refractivity contribution in [3.8, 4) is 5.75 Å². The standard InChI is InChI=1S/C33H54F2O/c1-4-6-8-9-10-12-24-36-31-23-22-30(32(34)33(31)35)29-20-18-28(19-21-29)25(3)27-16-14-26(15-17-27)13-11-7-5-2/h22-23,25-29H,4-21,24H2,1-3H3/t25?,26?,27?,28-,29-. The molecular formula is C33H54F2O. The lowest BCUT2D eigenvalue weighted by atomic mass is 9.66. The van der Waals surface area contributed by atoms with Crippen LogP contribution in [-0.4, -0.2) is 6.61 Å². The van der Waals surface area contributed by atoms with E-state index >= 15 is 4.39 Å². The number of unbranched alkanes of at least 4 members (excludes halogenated alkanes) is 7. The second-order valence-corrected chi connectivity index (χ2v) is 12.1. The summed E-state index contributed by atoms with van der Waals surface area (Å²) in [6.45, 7) is 7.44. The molecule has 0 saturated heterocycles. The van der Waals surface area contributed by atoms with Crippen molar-refractivity contribution in [3.05, 3.63) is 29.3 Å². The van der Waals surface area contributed by atoms with E-state index in [2.05, 4.69) is 20.8 Å². The first kappa shape index (κ1) is 29.4. The van der Waals surface area contributed by atoms with Crippen molar-refractivity contribution in [2.45, 2.75) is 142 Å². The van der Waals surface area contributed by atoms with Gasteiger partial charge in [-0.25, -0.2) is 4.39 Å². The van der Waals surface area contributed by atoms with Gasteiger partial charge >= 0.3 is 0 Å². The van der Waals surface area contributed by atoms with Crippen LogP contribution in [0.1, 0.15) is 148 Å². The molecule has 0 heterocycles. The highest BCUT2D eigenvalue weighted by atomic mass is 19.2. The Balaban J connectivity index is 1.41. The minimum atomic E-state index is -0.787. The molecule has 0 bridgehead atoms. The predicted octanol–water partition coefficient (Wildman–Crippen LogP) is 11.0. The molecule has 0 aliphatic heterocycles. The van der Waals surface area contributed by atoms with Gasteiger partial charge in [0.2, 0.25) is 5.82 Å². The quantitative estimate of drug-likeness (QED) is 0.216. The first-order valence-electron chi connectivity index (χ1n) is 15.7. The number of benzene rings is 1. The summed E-state index contributed by atoms with van der Waals surface area (Å²) in [5.41, 5.74) is 0.568. The van der Waals surface area contributed by atoms with E-state index in [9.17, 15) is 4.39 Å². The lowest BCUT2D eigenvalue weighted by Crippen LogP contribution is -2.28. The van der Waals surface area contributed by atoms with Crippen molar-refractivity contribution < 1.29 is 13.5 Å². The fraction of sp³-hybridized carbons (Fsp3) is 0.818. The number of hydrogen-bond donors (Lipinski definition) is 0. The van der Waals surface area contributed by atoms with E-state index in [1.165, 1.54) is 77.0 Å². The third-order valence-electron chi connectivity index (χ3n) is 9.64. The van der Waals surface area contributed by atoms with Crippen LogP contribution in [0.15, 0.2) is 12.1 Å². The molecule has 2 saturated carbocycles. The van der Waals surface area contributed by atoms with Crippen LogP contribution in [0.3, 0.4) is 0 Å². The fourth-order valence-electron chi connectivity index (χ4n) is 7.06. The summed E-state index contributed by atoms with van der Waals surface area (Å²) in [7, 11) is 0. The van der Waals surface area contributed by atoms with Crippen LogP contribution in [0.4, 0.5) is 8.78 Å². The van der Waals surface area contributed by atoms with Gasteiger partial charge in [-0.15, -0.1) is 0 Å². The Morgan fingerprint density at radius 3 is 1.97 bits per heavy atom. The Morgan fingerprint density at radius 1 is 0.722 bits per heavy atom. The van der Waals surface area contributed by atoms with E-state index in [1.54, 1.807) is 12.1 Å². The molecule has 3 rings (SSSR count). The van der Waals surface area contributed by atoms with Gasteiger partial charge < -0.3 is 4.74 Å². The predicted molar refractivity (Wildman–Crippen MR) is 149 cm³/mol. The zero-order valence-corrected chi connectivity index (χ0v) is 23.6. The molecule has 0 aromatic heterocycles. The number of hydrogen-bond acceptors (Lipinski definition) is 1. The topological polar surface area (TPSA) is 9.23 Å². The summed E-state index contributed by atoms with van der Waals surface area (Å²) in [6.07, 6.45) is 22.4. The molecule has 1 nitrogen and oxygen atoms in total. The molecule has 0 amide bonds. The average molecular weight is 505 g/mol. The summed E-state index contributed by atoms with van der Waals surface area (Å²) >= 11 is 0. The normalized spacial score (nSPS) is 25.6. The monoisotopic (exact) mass is 504 g/mol. The van der Waals surface area contributed by atoms with E-state index in [-0.39, 0.29) is 11.7 Å². The van der Waals surface area contributed by atoms with E-state index in [1.807, 2.05) is 0 Å². The molecule has 2 aliphatic carbocycles. The van der Waals surface area contributed by atoms with Crippen molar-refractivity contribution in [2.75, 3.05) is 6.61 Å². The van der Waals surface area contributed by atoms with Gasteiger partial charge in [0.05, 0.1) is 6.61 Å². The molecule has 0 spiro atoms. The van der Waals surface area contributed by atoms with Gasteiger partial charge in [-0.2, -0.15) is 4.39 Å². The Hall–Kier alpha value is -1.12. The highest BCUT2D eigenvalue weighted by Gasteiger charge is 2.33. The number of rotatable bonds is 15. The van der Waals surface area contributed by atoms with Crippen molar-refractivity contribution in [2.24, 2.45) is 23.7 Å². The van der Waals surface area contributed by atoms with Crippen LogP contribution in [0.5, 0.6) is 5.75 Å². The molecule has 2 fully saturated rings. The molecule has 2 aliphatic rings. The van der Waals surface area contributed by atoms with Gasteiger partial charge in [-0.1, -0.05) is 97.5 Å². The van der Waals surface area contributed by atoms with Crippen LogP contribution in [0, 0.1) is 35.3 Å². The third-order valence-corrected chi connectivity index (χ3v) is 9.64. The van der Waals surface area contributed by atoms with Gasteiger partial charge in [0.25, 0.3) is 0 Å². The maximum Gasteiger partial charge on any atom is 0.200 e. The van der Waals surface area contributed by atoms with Crippen LogP contribution in [0.25, 0.3) is 0 Å². The molecular weight excluding hydrogens is 450 g/mol. The molecule has 0 radical (unpaired) electrons. The molecule has 3 heteroatoms. The first-order chi connectivity index (χ1) is 17.5. The highest BCUT2D eigenvalue weighted by Crippen LogP contribution is 2.45. The second-order valence-electron chi connectivity index (χ2n) is 12.1. The summed E-state index contributed by atoms with van der Waals surface area (Å²) in [5.74, 6) is 2.11. The lowest BCUT2D eigenvalue weighted by molar-refractivity contribution is 0.131. The van der Waals surface area contributed by atoms with Crippen LogP contribution in [-0.2, 0) is 0 Å². The van der Waals surface area contributed by atoms with Gasteiger partial charge in [0.15, 0.2) is 11.6 Å². The maximum atomic E-state index is 15.0. The minimum Gasteiger partial charge on any atom is -0.490 e. The van der Waals surface area contributed by atoms with Crippen LogP contribution < -0.4 is 4.74 Å². The van der Waals surface area contributed by atoms with E-state index in [4.69, 9.17) is 4.74 Å². The van der Waals surface area contributed by atoms with E-state index in [0.717, 1.165) is 62.2 Å². The smallest absolute Gasteiger partial charge is 0.200 e.